The second kappa shape index (κ2) is 8.42. The third-order valence-electron chi connectivity index (χ3n) is 4.43. The van der Waals surface area contributed by atoms with Crippen LogP contribution in [0.3, 0.4) is 0 Å². The third-order valence-corrected chi connectivity index (χ3v) is 5.31. The maximum absolute atomic E-state index is 12.9. The van der Waals surface area contributed by atoms with E-state index in [4.69, 9.17) is 9.84 Å². The zero-order chi connectivity index (χ0) is 18.5. The number of hydrogen-bond donors (Lipinski definition) is 1. The van der Waals surface area contributed by atoms with Gasteiger partial charge in [0.15, 0.2) is 0 Å². The molecule has 1 saturated heterocycles. The Morgan fingerprint density at radius 1 is 1.38 bits per heavy atom. The van der Waals surface area contributed by atoms with Crippen molar-refractivity contribution in [3.8, 4) is 10.6 Å². The topological polar surface area (TPSA) is 79.7 Å². The number of aryl methyl sites for hydroxylation is 1. The van der Waals surface area contributed by atoms with Crippen LogP contribution in [0.1, 0.15) is 35.3 Å². The summed E-state index contributed by atoms with van der Waals surface area (Å²) < 4.78 is 5.61. The van der Waals surface area contributed by atoms with Crippen LogP contribution in [0.15, 0.2) is 29.6 Å². The maximum Gasteiger partial charge on any atom is 0.305 e. The second-order valence-corrected chi connectivity index (χ2v) is 7.24. The van der Waals surface area contributed by atoms with E-state index >= 15 is 0 Å². The quantitative estimate of drug-likeness (QED) is 0.805. The van der Waals surface area contributed by atoms with Crippen molar-refractivity contribution in [3.05, 3.63) is 40.9 Å². The average Bonchev–Trinajstić information content (AvgIpc) is 3.30. The van der Waals surface area contributed by atoms with Gasteiger partial charge in [-0.3, -0.25) is 9.59 Å². The number of carboxylic acids is 1. The van der Waals surface area contributed by atoms with Gasteiger partial charge < -0.3 is 14.7 Å². The van der Waals surface area contributed by atoms with E-state index in [9.17, 15) is 9.59 Å². The van der Waals surface area contributed by atoms with Crippen molar-refractivity contribution in [1.82, 2.24) is 9.88 Å². The molecule has 1 aliphatic heterocycles. The van der Waals surface area contributed by atoms with Gasteiger partial charge in [-0.05, 0) is 25.3 Å². The van der Waals surface area contributed by atoms with Gasteiger partial charge in [-0.1, -0.05) is 24.3 Å². The molecule has 1 fully saturated rings. The molecule has 1 unspecified atom stereocenters. The third kappa shape index (κ3) is 4.47. The molecule has 26 heavy (non-hydrogen) atoms. The van der Waals surface area contributed by atoms with Crippen molar-refractivity contribution in [2.75, 3.05) is 19.7 Å². The Kier molecular flexibility index (Phi) is 6.00. The predicted molar refractivity (Wildman–Crippen MR) is 99.4 cm³/mol. The van der Waals surface area contributed by atoms with Crippen LogP contribution in [0.25, 0.3) is 10.6 Å². The summed E-state index contributed by atoms with van der Waals surface area (Å²) >= 11 is 1.42. The van der Waals surface area contributed by atoms with Gasteiger partial charge in [0, 0.05) is 30.6 Å². The lowest BCUT2D eigenvalue weighted by Crippen LogP contribution is -2.39. The van der Waals surface area contributed by atoms with Gasteiger partial charge >= 0.3 is 5.97 Å². The summed E-state index contributed by atoms with van der Waals surface area (Å²) in [4.78, 5) is 29.9. The Hall–Kier alpha value is -2.25. The molecule has 1 aromatic carbocycles. The molecule has 2 aromatic rings. The standard InChI is InChI=1S/C19H22N2O4S/c1-13-5-2-3-7-15(13)18-20-16(12-26-18)19(24)21(9-8-17(22)23)11-14-6-4-10-25-14/h2-3,5,7,12,14H,4,6,8-11H2,1H3,(H,22,23). The lowest BCUT2D eigenvalue weighted by atomic mass is 10.1. The second-order valence-electron chi connectivity index (χ2n) is 6.38. The molecule has 0 bridgehead atoms. The lowest BCUT2D eigenvalue weighted by Gasteiger charge is -2.24. The van der Waals surface area contributed by atoms with Crippen LogP contribution in [0, 0.1) is 6.92 Å². The summed E-state index contributed by atoms with van der Waals surface area (Å²) in [6, 6.07) is 7.90. The molecule has 1 amide bonds. The average molecular weight is 374 g/mol. The van der Waals surface area contributed by atoms with E-state index in [2.05, 4.69) is 4.98 Å². The number of nitrogens with zero attached hydrogens (tertiary/aromatic N) is 2. The lowest BCUT2D eigenvalue weighted by molar-refractivity contribution is -0.137. The van der Waals surface area contributed by atoms with Gasteiger partial charge in [0.05, 0.1) is 12.5 Å². The van der Waals surface area contributed by atoms with Crippen molar-refractivity contribution in [2.24, 2.45) is 0 Å². The van der Waals surface area contributed by atoms with Crippen LogP contribution >= 0.6 is 11.3 Å². The molecule has 6 nitrogen and oxygen atoms in total. The number of aromatic nitrogens is 1. The zero-order valence-electron chi connectivity index (χ0n) is 14.7. The Morgan fingerprint density at radius 2 is 2.19 bits per heavy atom. The van der Waals surface area contributed by atoms with Crippen molar-refractivity contribution in [1.29, 1.82) is 0 Å². The molecule has 0 spiro atoms. The van der Waals surface area contributed by atoms with Crippen molar-refractivity contribution in [3.63, 3.8) is 0 Å². The Balaban J connectivity index is 1.77. The summed E-state index contributed by atoms with van der Waals surface area (Å²) in [7, 11) is 0. The Labute approximate surface area is 156 Å². The number of carboxylic acid groups (broad SMARTS) is 1. The molecular formula is C19H22N2O4S. The number of hydrogen-bond acceptors (Lipinski definition) is 5. The van der Waals surface area contributed by atoms with E-state index in [0.29, 0.717) is 18.8 Å². The number of thiazole rings is 1. The molecule has 1 aliphatic rings. The van der Waals surface area contributed by atoms with Crippen molar-refractivity contribution >= 4 is 23.2 Å². The zero-order valence-corrected chi connectivity index (χ0v) is 15.5. The van der Waals surface area contributed by atoms with E-state index in [1.807, 2.05) is 31.2 Å². The molecule has 1 N–H and O–H groups in total. The smallest absolute Gasteiger partial charge is 0.305 e. The molecule has 2 heterocycles. The minimum absolute atomic E-state index is 0.0257. The fraction of sp³-hybridized carbons (Fsp3) is 0.421. The van der Waals surface area contributed by atoms with Crippen molar-refractivity contribution < 1.29 is 19.4 Å². The van der Waals surface area contributed by atoms with Crippen LogP contribution < -0.4 is 0 Å². The largest absolute Gasteiger partial charge is 0.481 e. The van der Waals surface area contributed by atoms with Gasteiger partial charge in [-0.15, -0.1) is 11.3 Å². The van der Waals surface area contributed by atoms with Gasteiger partial charge in [0.1, 0.15) is 10.7 Å². The van der Waals surface area contributed by atoms with Crippen LogP contribution in [0.5, 0.6) is 0 Å². The van der Waals surface area contributed by atoms with E-state index in [1.54, 1.807) is 10.3 Å². The molecule has 7 heteroatoms. The number of amides is 1. The fourth-order valence-corrected chi connectivity index (χ4v) is 3.89. The highest BCUT2D eigenvalue weighted by Crippen LogP contribution is 2.27. The molecule has 3 rings (SSSR count). The first-order chi connectivity index (χ1) is 12.5. The molecule has 138 valence electrons. The fourth-order valence-electron chi connectivity index (χ4n) is 3.01. The first-order valence-corrected chi connectivity index (χ1v) is 9.57. The summed E-state index contributed by atoms with van der Waals surface area (Å²) in [5.41, 5.74) is 2.47. The van der Waals surface area contributed by atoms with Gasteiger partial charge in [-0.2, -0.15) is 0 Å². The number of carbonyl (C=O) groups excluding carboxylic acids is 1. The molecule has 1 atom stereocenters. The first kappa shape index (κ1) is 18.5. The molecule has 0 aliphatic carbocycles. The number of aliphatic carboxylic acids is 1. The van der Waals surface area contributed by atoms with Crippen LogP contribution in [0.2, 0.25) is 0 Å². The van der Waals surface area contributed by atoms with Gasteiger partial charge in [0.2, 0.25) is 0 Å². The van der Waals surface area contributed by atoms with Crippen molar-refractivity contribution in [2.45, 2.75) is 32.3 Å². The van der Waals surface area contributed by atoms with E-state index in [0.717, 1.165) is 29.0 Å². The Morgan fingerprint density at radius 3 is 2.88 bits per heavy atom. The number of carbonyl (C=O) groups is 2. The minimum atomic E-state index is -0.922. The number of ether oxygens (including phenoxy) is 1. The molecule has 0 saturated carbocycles. The normalized spacial score (nSPS) is 16.6. The molecule has 0 radical (unpaired) electrons. The Bertz CT molecular complexity index is 783. The predicted octanol–water partition coefficient (Wildman–Crippen LogP) is 3.21. The monoisotopic (exact) mass is 374 g/mol. The highest BCUT2D eigenvalue weighted by Gasteiger charge is 2.25. The SMILES string of the molecule is Cc1ccccc1-c1nc(C(=O)N(CCC(=O)O)CC2CCCO2)cs1. The van der Waals surface area contributed by atoms with Crippen LogP contribution in [0.4, 0.5) is 0 Å². The van der Waals surface area contributed by atoms with Gasteiger partial charge in [-0.25, -0.2) is 4.98 Å². The number of rotatable bonds is 7. The van der Waals surface area contributed by atoms with E-state index in [-0.39, 0.29) is 25.0 Å². The summed E-state index contributed by atoms with van der Waals surface area (Å²) in [6.07, 6.45) is 1.75. The van der Waals surface area contributed by atoms with E-state index < -0.39 is 5.97 Å². The van der Waals surface area contributed by atoms with Crippen LogP contribution in [-0.2, 0) is 9.53 Å². The maximum atomic E-state index is 12.9. The molecule has 1 aromatic heterocycles. The molecular weight excluding hydrogens is 352 g/mol. The summed E-state index contributed by atoms with van der Waals surface area (Å²) in [6.45, 7) is 3.27. The highest BCUT2D eigenvalue weighted by molar-refractivity contribution is 7.13. The highest BCUT2D eigenvalue weighted by atomic mass is 32.1. The van der Waals surface area contributed by atoms with Gasteiger partial charge in [0.25, 0.3) is 5.91 Å². The summed E-state index contributed by atoms with van der Waals surface area (Å²) in [5.74, 6) is -1.16. The minimum Gasteiger partial charge on any atom is -0.481 e. The summed E-state index contributed by atoms with van der Waals surface area (Å²) in [5, 5.41) is 11.5. The van der Waals surface area contributed by atoms with E-state index in [1.165, 1.54) is 11.3 Å². The van der Waals surface area contributed by atoms with Crippen LogP contribution in [-0.4, -0.2) is 52.7 Å². The first-order valence-electron chi connectivity index (χ1n) is 8.69. The number of benzene rings is 1.